The van der Waals surface area contributed by atoms with Crippen LogP contribution in [0.5, 0.6) is 0 Å². The number of esters is 1. The molecule has 3 heterocycles. The van der Waals surface area contributed by atoms with E-state index in [1.807, 2.05) is 4.90 Å². The molecular weight excluding hydrogens is 357 g/mol. The maximum absolute atomic E-state index is 12.7. The summed E-state index contributed by atoms with van der Waals surface area (Å²) >= 11 is 1.03. The van der Waals surface area contributed by atoms with E-state index in [9.17, 15) is 18.0 Å². The van der Waals surface area contributed by atoms with Crippen LogP contribution in [-0.2, 0) is 10.9 Å². The standard InChI is InChI=1S/C15H15F3N4O2S/c1-24-14(23)10-4-5-12(21-20-10)22-6-2-3-9(7-22)13-19-11(8-25-13)15(16,17)18/h4-5,8-9H,2-3,6-7H2,1H3. The number of carbonyl (C=O) groups excluding carboxylic acids is 1. The van der Waals surface area contributed by atoms with E-state index in [4.69, 9.17) is 0 Å². The van der Waals surface area contributed by atoms with Crippen molar-refractivity contribution in [2.45, 2.75) is 24.9 Å². The van der Waals surface area contributed by atoms with Crippen molar-refractivity contribution < 1.29 is 22.7 Å². The summed E-state index contributed by atoms with van der Waals surface area (Å²) < 4.78 is 42.7. The summed E-state index contributed by atoms with van der Waals surface area (Å²) in [5.41, 5.74) is -0.735. The Kier molecular flexibility index (Phi) is 4.89. The molecule has 10 heteroatoms. The highest BCUT2D eigenvalue weighted by Crippen LogP contribution is 2.35. The molecule has 134 valence electrons. The monoisotopic (exact) mass is 372 g/mol. The number of anilines is 1. The molecule has 0 bridgehead atoms. The van der Waals surface area contributed by atoms with Gasteiger partial charge in [-0.05, 0) is 25.0 Å². The molecule has 2 aromatic rings. The number of rotatable bonds is 3. The average molecular weight is 372 g/mol. The van der Waals surface area contributed by atoms with E-state index in [1.165, 1.54) is 13.2 Å². The van der Waals surface area contributed by atoms with E-state index in [0.717, 1.165) is 36.1 Å². The van der Waals surface area contributed by atoms with Gasteiger partial charge in [0.25, 0.3) is 0 Å². The number of thiazole rings is 1. The molecule has 0 radical (unpaired) electrons. The molecule has 0 aliphatic carbocycles. The minimum Gasteiger partial charge on any atom is -0.464 e. The highest BCUT2D eigenvalue weighted by atomic mass is 32.1. The molecule has 0 saturated carbocycles. The molecule has 6 nitrogen and oxygen atoms in total. The first-order chi connectivity index (χ1) is 11.9. The maximum Gasteiger partial charge on any atom is 0.434 e. The summed E-state index contributed by atoms with van der Waals surface area (Å²) in [6.45, 7) is 1.23. The molecule has 1 saturated heterocycles. The molecular formula is C15H15F3N4O2S. The van der Waals surface area contributed by atoms with Gasteiger partial charge in [0.1, 0.15) is 0 Å². The van der Waals surface area contributed by atoms with E-state index in [-0.39, 0.29) is 11.6 Å². The fourth-order valence-corrected chi connectivity index (χ4v) is 3.65. The van der Waals surface area contributed by atoms with Crippen LogP contribution in [0.1, 0.15) is 39.9 Å². The second-order valence-corrected chi connectivity index (χ2v) is 6.51. The normalized spacial score (nSPS) is 18.2. The number of aromatic nitrogens is 3. The van der Waals surface area contributed by atoms with Gasteiger partial charge in [0.15, 0.2) is 17.2 Å². The van der Waals surface area contributed by atoms with Crippen LogP contribution in [-0.4, -0.2) is 41.3 Å². The van der Waals surface area contributed by atoms with Crippen molar-refractivity contribution in [2.75, 3.05) is 25.1 Å². The molecule has 0 amide bonds. The zero-order valence-electron chi connectivity index (χ0n) is 13.3. The van der Waals surface area contributed by atoms with Crippen molar-refractivity contribution in [3.05, 3.63) is 33.9 Å². The summed E-state index contributed by atoms with van der Waals surface area (Å²) in [7, 11) is 1.26. The highest BCUT2D eigenvalue weighted by Gasteiger charge is 2.35. The predicted molar refractivity (Wildman–Crippen MR) is 84.7 cm³/mol. The minimum absolute atomic E-state index is 0.0862. The SMILES string of the molecule is COC(=O)c1ccc(N2CCCC(c3nc(C(F)(F)F)cs3)C2)nn1. The number of ether oxygens (including phenoxy) is 1. The lowest BCUT2D eigenvalue weighted by molar-refractivity contribution is -0.140. The molecule has 1 aliphatic rings. The van der Waals surface area contributed by atoms with Gasteiger partial charge in [0, 0.05) is 24.4 Å². The summed E-state index contributed by atoms with van der Waals surface area (Å²) in [6, 6.07) is 3.17. The number of piperidine rings is 1. The van der Waals surface area contributed by atoms with E-state index in [0.29, 0.717) is 17.4 Å². The van der Waals surface area contributed by atoms with Crippen molar-refractivity contribution >= 4 is 23.1 Å². The van der Waals surface area contributed by atoms with Gasteiger partial charge in [-0.2, -0.15) is 13.2 Å². The zero-order valence-corrected chi connectivity index (χ0v) is 14.1. The number of halogens is 3. The Bertz CT molecular complexity index is 748. The first-order valence-corrected chi connectivity index (χ1v) is 8.46. The number of hydrogen-bond acceptors (Lipinski definition) is 7. The Labute approximate surface area is 145 Å². The second kappa shape index (κ2) is 6.95. The summed E-state index contributed by atoms with van der Waals surface area (Å²) in [4.78, 5) is 17.1. The Morgan fingerprint density at radius 2 is 2.16 bits per heavy atom. The van der Waals surface area contributed by atoms with Gasteiger partial charge in [-0.25, -0.2) is 9.78 Å². The van der Waals surface area contributed by atoms with E-state index < -0.39 is 17.8 Å². The summed E-state index contributed by atoms with van der Waals surface area (Å²) in [6.07, 6.45) is -2.83. The van der Waals surface area contributed by atoms with Gasteiger partial charge in [-0.3, -0.25) is 0 Å². The third-order valence-electron chi connectivity index (χ3n) is 3.95. The molecule has 0 spiro atoms. The minimum atomic E-state index is -4.42. The molecule has 3 rings (SSSR count). The lowest BCUT2D eigenvalue weighted by Crippen LogP contribution is -2.35. The van der Waals surface area contributed by atoms with E-state index in [2.05, 4.69) is 19.9 Å². The van der Waals surface area contributed by atoms with Crippen LogP contribution in [0.15, 0.2) is 17.5 Å². The first-order valence-electron chi connectivity index (χ1n) is 7.58. The van der Waals surface area contributed by atoms with Crippen LogP contribution in [0.25, 0.3) is 0 Å². The molecule has 0 N–H and O–H groups in total. The van der Waals surface area contributed by atoms with Gasteiger partial charge in [0.05, 0.1) is 12.1 Å². The van der Waals surface area contributed by atoms with Crippen molar-refractivity contribution in [2.24, 2.45) is 0 Å². The van der Waals surface area contributed by atoms with E-state index in [1.54, 1.807) is 6.07 Å². The van der Waals surface area contributed by atoms with Crippen LogP contribution in [0, 0.1) is 0 Å². The summed E-state index contributed by atoms with van der Waals surface area (Å²) in [5.74, 6) is -0.0834. The Morgan fingerprint density at radius 1 is 1.36 bits per heavy atom. The molecule has 1 aliphatic heterocycles. The quantitative estimate of drug-likeness (QED) is 0.771. The fraction of sp³-hybridized carbons (Fsp3) is 0.467. The highest BCUT2D eigenvalue weighted by molar-refractivity contribution is 7.09. The third kappa shape index (κ3) is 3.89. The predicted octanol–water partition coefficient (Wildman–Crippen LogP) is 3.12. The fourth-order valence-electron chi connectivity index (χ4n) is 2.70. The third-order valence-corrected chi connectivity index (χ3v) is 4.96. The van der Waals surface area contributed by atoms with Crippen molar-refractivity contribution in [3.63, 3.8) is 0 Å². The largest absolute Gasteiger partial charge is 0.464 e. The van der Waals surface area contributed by atoms with Gasteiger partial charge >= 0.3 is 12.1 Å². The molecule has 1 unspecified atom stereocenters. The Morgan fingerprint density at radius 3 is 2.76 bits per heavy atom. The van der Waals surface area contributed by atoms with E-state index >= 15 is 0 Å². The van der Waals surface area contributed by atoms with Crippen molar-refractivity contribution in [1.29, 1.82) is 0 Å². The second-order valence-electron chi connectivity index (χ2n) is 5.62. The number of nitrogens with zero attached hydrogens (tertiary/aromatic N) is 4. The number of carbonyl (C=O) groups is 1. The number of alkyl halides is 3. The van der Waals surface area contributed by atoms with Crippen molar-refractivity contribution in [1.82, 2.24) is 15.2 Å². The average Bonchev–Trinajstić information content (AvgIpc) is 3.12. The van der Waals surface area contributed by atoms with Crippen molar-refractivity contribution in [3.8, 4) is 0 Å². The van der Waals surface area contributed by atoms with Crippen LogP contribution >= 0.6 is 11.3 Å². The maximum atomic E-state index is 12.7. The van der Waals surface area contributed by atoms with Crippen LogP contribution in [0.2, 0.25) is 0 Å². The Hall–Kier alpha value is -2.23. The Balaban J connectivity index is 1.73. The molecule has 25 heavy (non-hydrogen) atoms. The van der Waals surface area contributed by atoms with Crippen LogP contribution < -0.4 is 4.90 Å². The van der Waals surface area contributed by atoms with Gasteiger partial charge in [0.2, 0.25) is 0 Å². The molecule has 0 aromatic carbocycles. The van der Waals surface area contributed by atoms with Gasteiger partial charge in [-0.15, -0.1) is 21.5 Å². The van der Waals surface area contributed by atoms with Gasteiger partial charge < -0.3 is 9.64 Å². The van der Waals surface area contributed by atoms with Gasteiger partial charge in [-0.1, -0.05) is 0 Å². The first kappa shape index (κ1) is 17.6. The number of hydrogen-bond donors (Lipinski definition) is 0. The summed E-state index contributed by atoms with van der Waals surface area (Å²) in [5, 5.41) is 9.39. The molecule has 2 aromatic heterocycles. The topological polar surface area (TPSA) is 68.2 Å². The molecule has 1 fully saturated rings. The molecule has 1 atom stereocenters. The van der Waals surface area contributed by atoms with Crippen LogP contribution in [0.4, 0.5) is 19.0 Å². The van der Waals surface area contributed by atoms with Crippen LogP contribution in [0.3, 0.4) is 0 Å². The number of methoxy groups -OCH3 is 1. The zero-order chi connectivity index (χ0) is 18.0. The lowest BCUT2D eigenvalue weighted by Gasteiger charge is -2.32. The lowest BCUT2D eigenvalue weighted by atomic mass is 9.99. The smallest absolute Gasteiger partial charge is 0.434 e.